The van der Waals surface area contributed by atoms with Gasteiger partial charge in [-0.2, -0.15) is 0 Å². The lowest BCUT2D eigenvalue weighted by molar-refractivity contribution is 0.100. The summed E-state index contributed by atoms with van der Waals surface area (Å²) >= 11 is 0. The molecule has 0 bridgehead atoms. The molecule has 96 valence electrons. The van der Waals surface area contributed by atoms with Crippen LogP contribution in [0.15, 0.2) is 35.3 Å². The average Bonchev–Trinajstić information content (AvgIpc) is 2.85. The normalized spacial score (nSPS) is 17.4. The van der Waals surface area contributed by atoms with Crippen LogP contribution in [0.4, 0.5) is 0 Å². The third-order valence-corrected chi connectivity index (χ3v) is 3.19. The monoisotopic (exact) mass is 244 g/mol. The molecule has 0 aliphatic carbocycles. The lowest BCUT2D eigenvalue weighted by atomic mass is 10.1. The molecule has 0 aromatic heterocycles. The topological polar surface area (TPSA) is 32.7 Å². The molecule has 1 aromatic carbocycles. The minimum atomic E-state index is 0.103. The lowest BCUT2D eigenvalue weighted by Crippen LogP contribution is -2.26. The van der Waals surface area contributed by atoms with Gasteiger partial charge >= 0.3 is 0 Å². The van der Waals surface area contributed by atoms with E-state index >= 15 is 0 Å². The third kappa shape index (κ3) is 3.19. The number of carbonyl (C=O) groups is 1. The molecule has 1 fully saturated rings. The molecular formula is C15H20N2O. The van der Waals surface area contributed by atoms with Gasteiger partial charge in [-0.05, 0) is 12.8 Å². The van der Waals surface area contributed by atoms with Crippen LogP contribution in [0.5, 0.6) is 0 Å². The van der Waals surface area contributed by atoms with Crippen molar-refractivity contribution in [2.75, 3.05) is 19.6 Å². The Morgan fingerprint density at radius 3 is 2.83 bits per heavy atom. The Morgan fingerprint density at radius 1 is 1.33 bits per heavy atom. The van der Waals surface area contributed by atoms with Crippen LogP contribution in [-0.4, -0.2) is 36.2 Å². The molecule has 1 heterocycles. The molecule has 3 heteroatoms. The first-order chi connectivity index (χ1) is 8.81. The predicted molar refractivity (Wildman–Crippen MR) is 74.2 cm³/mol. The number of hydrogen-bond acceptors (Lipinski definition) is 2. The highest BCUT2D eigenvalue weighted by Crippen LogP contribution is 2.12. The van der Waals surface area contributed by atoms with E-state index < -0.39 is 0 Å². The number of ketones is 1. The first-order valence-corrected chi connectivity index (χ1v) is 6.67. The number of carbonyl (C=O) groups excluding carboxylic acids is 1. The maximum atomic E-state index is 11.9. The number of aliphatic imine (C=N–C) groups is 1. The Hall–Kier alpha value is -1.64. The van der Waals surface area contributed by atoms with Gasteiger partial charge in [-0.3, -0.25) is 9.79 Å². The Labute approximate surface area is 109 Å². The minimum absolute atomic E-state index is 0.103. The summed E-state index contributed by atoms with van der Waals surface area (Å²) in [5, 5.41) is 0. The first-order valence-electron chi connectivity index (χ1n) is 6.67. The Kier molecular flexibility index (Phi) is 4.51. The molecule has 2 rings (SSSR count). The van der Waals surface area contributed by atoms with Crippen molar-refractivity contribution in [3.8, 4) is 0 Å². The fourth-order valence-corrected chi connectivity index (χ4v) is 2.28. The number of nitrogens with zero attached hydrogens (tertiary/aromatic N) is 2. The summed E-state index contributed by atoms with van der Waals surface area (Å²) < 4.78 is 0. The van der Waals surface area contributed by atoms with E-state index in [1.807, 2.05) is 30.3 Å². The van der Waals surface area contributed by atoms with Crippen LogP contribution in [0.2, 0.25) is 0 Å². The van der Waals surface area contributed by atoms with E-state index in [-0.39, 0.29) is 12.3 Å². The number of benzene rings is 1. The van der Waals surface area contributed by atoms with Crippen molar-refractivity contribution >= 4 is 11.6 Å². The van der Waals surface area contributed by atoms with Crippen LogP contribution in [-0.2, 0) is 0 Å². The zero-order valence-electron chi connectivity index (χ0n) is 10.9. The van der Waals surface area contributed by atoms with E-state index in [0.717, 1.165) is 37.3 Å². The van der Waals surface area contributed by atoms with Gasteiger partial charge in [0.05, 0.1) is 5.84 Å². The molecule has 0 amide bonds. The molecule has 18 heavy (non-hydrogen) atoms. The fraction of sp³-hybridized carbons (Fsp3) is 0.467. The molecule has 1 aliphatic heterocycles. The fourth-order valence-electron chi connectivity index (χ4n) is 2.28. The van der Waals surface area contributed by atoms with Gasteiger partial charge in [0, 0.05) is 25.1 Å². The number of likely N-dealkylation sites (tertiary alicyclic amines) is 1. The van der Waals surface area contributed by atoms with E-state index in [0.29, 0.717) is 0 Å². The Balaban J connectivity index is 1.96. The highest BCUT2D eigenvalue weighted by Gasteiger charge is 2.17. The lowest BCUT2D eigenvalue weighted by Gasteiger charge is -2.17. The van der Waals surface area contributed by atoms with Gasteiger partial charge in [-0.1, -0.05) is 37.3 Å². The number of hydrogen-bond donors (Lipinski definition) is 0. The zero-order valence-corrected chi connectivity index (χ0v) is 10.9. The standard InChI is InChI=1S/C15H20N2O/c1-2-10-17-11-6-9-15(17)16-12-14(18)13-7-4-3-5-8-13/h3-5,7-8H,2,6,9-12H2,1H3/b16-15+. The molecule has 3 nitrogen and oxygen atoms in total. The largest absolute Gasteiger partial charge is 0.360 e. The van der Waals surface area contributed by atoms with Crippen LogP contribution in [0.25, 0.3) is 0 Å². The average molecular weight is 244 g/mol. The second-order valence-electron chi connectivity index (χ2n) is 4.61. The van der Waals surface area contributed by atoms with Gasteiger partial charge in [0.1, 0.15) is 6.54 Å². The van der Waals surface area contributed by atoms with Crippen molar-refractivity contribution in [2.24, 2.45) is 4.99 Å². The van der Waals surface area contributed by atoms with E-state index in [1.54, 1.807) is 0 Å². The number of amidine groups is 1. The van der Waals surface area contributed by atoms with Crippen LogP contribution >= 0.6 is 0 Å². The minimum Gasteiger partial charge on any atom is -0.360 e. The summed E-state index contributed by atoms with van der Waals surface area (Å²) in [6.07, 6.45) is 3.31. The summed E-state index contributed by atoms with van der Waals surface area (Å²) in [4.78, 5) is 18.7. The van der Waals surface area contributed by atoms with Crippen LogP contribution in [0.3, 0.4) is 0 Å². The van der Waals surface area contributed by atoms with E-state index in [4.69, 9.17) is 0 Å². The third-order valence-electron chi connectivity index (χ3n) is 3.19. The molecule has 0 unspecified atom stereocenters. The molecule has 0 saturated carbocycles. The van der Waals surface area contributed by atoms with E-state index in [2.05, 4.69) is 16.8 Å². The Morgan fingerprint density at radius 2 is 2.11 bits per heavy atom. The first kappa shape index (κ1) is 12.8. The van der Waals surface area contributed by atoms with Crippen LogP contribution < -0.4 is 0 Å². The molecule has 0 radical (unpaired) electrons. The molecule has 1 aromatic rings. The van der Waals surface area contributed by atoms with E-state index in [9.17, 15) is 4.79 Å². The summed E-state index contributed by atoms with van der Waals surface area (Å²) in [5.41, 5.74) is 0.752. The zero-order chi connectivity index (χ0) is 12.8. The predicted octanol–water partition coefficient (Wildman–Crippen LogP) is 2.77. The summed E-state index contributed by atoms with van der Waals surface area (Å²) in [6, 6.07) is 9.39. The van der Waals surface area contributed by atoms with Crippen molar-refractivity contribution < 1.29 is 4.79 Å². The number of Topliss-reactive ketones (excluding diaryl/α,β-unsaturated/α-hetero) is 1. The van der Waals surface area contributed by atoms with E-state index in [1.165, 1.54) is 6.42 Å². The summed E-state index contributed by atoms with van der Waals surface area (Å²) in [6.45, 7) is 4.59. The molecule has 1 aliphatic rings. The molecule has 0 N–H and O–H groups in total. The van der Waals surface area contributed by atoms with Crippen molar-refractivity contribution in [2.45, 2.75) is 26.2 Å². The van der Waals surface area contributed by atoms with Gasteiger partial charge in [0.15, 0.2) is 5.78 Å². The highest BCUT2D eigenvalue weighted by atomic mass is 16.1. The van der Waals surface area contributed by atoms with Gasteiger partial charge in [-0.15, -0.1) is 0 Å². The molecule has 1 saturated heterocycles. The van der Waals surface area contributed by atoms with Crippen molar-refractivity contribution in [3.05, 3.63) is 35.9 Å². The second kappa shape index (κ2) is 6.34. The quantitative estimate of drug-likeness (QED) is 0.746. The number of rotatable bonds is 5. The smallest absolute Gasteiger partial charge is 0.184 e. The summed E-state index contributed by atoms with van der Waals surface area (Å²) in [5.74, 6) is 1.22. The van der Waals surface area contributed by atoms with Crippen molar-refractivity contribution in [1.29, 1.82) is 0 Å². The second-order valence-corrected chi connectivity index (χ2v) is 4.61. The van der Waals surface area contributed by atoms with Crippen LogP contribution in [0, 0.1) is 0 Å². The van der Waals surface area contributed by atoms with Crippen molar-refractivity contribution in [1.82, 2.24) is 4.90 Å². The SMILES string of the molecule is CCCN1CCC/C1=N\CC(=O)c1ccccc1. The maximum absolute atomic E-state index is 11.9. The van der Waals surface area contributed by atoms with Gasteiger partial charge in [0.2, 0.25) is 0 Å². The van der Waals surface area contributed by atoms with Gasteiger partial charge in [-0.25, -0.2) is 0 Å². The van der Waals surface area contributed by atoms with Gasteiger partial charge < -0.3 is 4.90 Å². The highest BCUT2D eigenvalue weighted by molar-refractivity contribution is 5.99. The molecule has 0 atom stereocenters. The van der Waals surface area contributed by atoms with Crippen LogP contribution in [0.1, 0.15) is 36.5 Å². The molecule has 0 spiro atoms. The van der Waals surface area contributed by atoms with Gasteiger partial charge in [0.25, 0.3) is 0 Å². The maximum Gasteiger partial charge on any atom is 0.184 e. The van der Waals surface area contributed by atoms with Crippen molar-refractivity contribution in [3.63, 3.8) is 0 Å². The Bertz CT molecular complexity index is 425. The summed E-state index contributed by atoms with van der Waals surface area (Å²) in [7, 11) is 0. The molecular weight excluding hydrogens is 224 g/mol.